The van der Waals surface area contributed by atoms with E-state index in [2.05, 4.69) is 15.3 Å². The van der Waals surface area contributed by atoms with Crippen molar-refractivity contribution in [2.75, 3.05) is 13.7 Å². The van der Waals surface area contributed by atoms with Gasteiger partial charge in [0.2, 0.25) is 5.88 Å². The fourth-order valence-electron chi connectivity index (χ4n) is 4.30. The highest BCUT2D eigenvalue weighted by Crippen LogP contribution is 2.45. The smallest absolute Gasteiger partial charge is 0.407 e. The van der Waals surface area contributed by atoms with E-state index in [1.807, 2.05) is 26.0 Å². The molecule has 0 bridgehead atoms. The standard InChI is InChI=1S/C26H27FN4O4S/c1-13-7-14(20-17(8-13)30-19(33-6)11-28-20)23-31-18-9-16(27)21-15(22(18)36-23)10-26(5,34-21)12-29-24(32)35-25(2,3)4/h7-9,11H,10,12H2,1-6H3,(H,29,32)/t26-/m0/s1. The molecule has 1 N–H and O–H groups in total. The predicted molar refractivity (Wildman–Crippen MR) is 136 cm³/mol. The number of hydrogen-bond donors (Lipinski definition) is 1. The molecule has 8 nitrogen and oxygen atoms in total. The van der Waals surface area contributed by atoms with Gasteiger partial charge in [0, 0.05) is 23.6 Å². The van der Waals surface area contributed by atoms with Crippen molar-refractivity contribution in [3.8, 4) is 22.2 Å². The van der Waals surface area contributed by atoms with Crippen LogP contribution in [0.25, 0.3) is 31.8 Å². The van der Waals surface area contributed by atoms with Gasteiger partial charge in [0.25, 0.3) is 0 Å². The number of carbonyl (C=O) groups is 1. The molecular weight excluding hydrogens is 483 g/mol. The number of aromatic nitrogens is 3. The number of benzene rings is 2. The third-order valence-corrected chi connectivity index (χ3v) is 6.96. The normalized spacial score (nSPS) is 17.2. The molecule has 0 fully saturated rings. The molecule has 2 aromatic carbocycles. The highest BCUT2D eigenvalue weighted by molar-refractivity contribution is 7.22. The maximum absolute atomic E-state index is 15.1. The highest BCUT2D eigenvalue weighted by atomic mass is 32.1. The summed E-state index contributed by atoms with van der Waals surface area (Å²) < 4.78 is 32.5. The second kappa shape index (κ2) is 8.55. The predicted octanol–water partition coefficient (Wildman–Crippen LogP) is 5.58. The molecule has 0 saturated carbocycles. The lowest BCUT2D eigenvalue weighted by Gasteiger charge is -2.26. The van der Waals surface area contributed by atoms with E-state index >= 15 is 4.39 Å². The molecule has 0 saturated heterocycles. The van der Waals surface area contributed by atoms with Crippen molar-refractivity contribution in [1.29, 1.82) is 0 Å². The van der Waals surface area contributed by atoms with Gasteiger partial charge in [-0.25, -0.2) is 24.1 Å². The Labute approximate surface area is 211 Å². The van der Waals surface area contributed by atoms with Crippen LogP contribution in [-0.2, 0) is 11.2 Å². The zero-order valence-corrected chi connectivity index (χ0v) is 21.8. The van der Waals surface area contributed by atoms with Gasteiger partial charge in [-0.2, -0.15) is 0 Å². The van der Waals surface area contributed by atoms with E-state index in [0.717, 1.165) is 21.4 Å². The van der Waals surface area contributed by atoms with E-state index in [4.69, 9.17) is 19.2 Å². The molecule has 5 rings (SSSR count). The maximum atomic E-state index is 15.1. The van der Waals surface area contributed by atoms with Crippen LogP contribution in [0.2, 0.25) is 0 Å². The number of amides is 1. The third kappa shape index (κ3) is 4.53. The minimum atomic E-state index is -0.823. The Morgan fingerprint density at radius 3 is 2.75 bits per heavy atom. The zero-order chi connectivity index (χ0) is 25.8. The quantitative estimate of drug-likeness (QED) is 0.383. The number of alkyl carbamates (subject to hydrolysis) is 1. The van der Waals surface area contributed by atoms with Crippen LogP contribution in [0.5, 0.6) is 11.6 Å². The Hall–Kier alpha value is -3.53. The van der Waals surface area contributed by atoms with Crippen molar-refractivity contribution < 1.29 is 23.4 Å². The van der Waals surface area contributed by atoms with Gasteiger partial charge < -0.3 is 19.5 Å². The number of thiazole rings is 1. The molecule has 36 heavy (non-hydrogen) atoms. The molecule has 10 heteroatoms. The Bertz CT molecular complexity index is 1510. The van der Waals surface area contributed by atoms with Crippen molar-refractivity contribution in [3.63, 3.8) is 0 Å². The minimum Gasteiger partial charge on any atom is -0.482 e. The number of hydrogen-bond acceptors (Lipinski definition) is 8. The molecule has 0 aliphatic carbocycles. The Balaban J connectivity index is 1.50. The molecule has 188 valence electrons. The summed E-state index contributed by atoms with van der Waals surface area (Å²) in [5.74, 6) is 0.151. The fraction of sp³-hybridized carbons (Fsp3) is 0.385. The van der Waals surface area contributed by atoms with E-state index in [-0.39, 0.29) is 12.3 Å². The Morgan fingerprint density at radius 1 is 1.25 bits per heavy atom. The number of halogens is 1. The van der Waals surface area contributed by atoms with E-state index in [9.17, 15) is 4.79 Å². The summed E-state index contributed by atoms with van der Waals surface area (Å²) in [5, 5.41) is 3.46. The summed E-state index contributed by atoms with van der Waals surface area (Å²) in [6, 6.07) is 5.34. The second-order valence-electron chi connectivity index (χ2n) is 10.2. The largest absolute Gasteiger partial charge is 0.482 e. The van der Waals surface area contributed by atoms with Crippen molar-refractivity contribution in [2.45, 2.75) is 52.2 Å². The molecule has 0 unspecified atom stereocenters. The van der Waals surface area contributed by atoms with E-state index in [1.165, 1.54) is 17.4 Å². The summed E-state index contributed by atoms with van der Waals surface area (Å²) in [5.41, 5.74) is 3.07. The van der Waals surface area contributed by atoms with Gasteiger partial charge in [0.15, 0.2) is 11.6 Å². The van der Waals surface area contributed by atoms with Gasteiger partial charge in [-0.05, 0) is 52.3 Å². The van der Waals surface area contributed by atoms with E-state index in [0.29, 0.717) is 33.9 Å². The second-order valence-corrected chi connectivity index (χ2v) is 11.2. The van der Waals surface area contributed by atoms with Crippen LogP contribution in [0.3, 0.4) is 0 Å². The van der Waals surface area contributed by atoms with Crippen molar-refractivity contribution in [2.24, 2.45) is 0 Å². The summed E-state index contributed by atoms with van der Waals surface area (Å²) in [4.78, 5) is 26.0. The average Bonchev–Trinajstić information content (AvgIpc) is 3.37. The molecule has 2 aromatic heterocycles. The van der Waals surface area contributed by atoms with Crippen LogP contribution in [-0.4, -0.2) is 45.9 Å². The third-order valence-electron chi connectivity index (χ3n) is 5.80. The van der Waals surface area contributed by atoms with Gasteiger partial charge in [-0.1, -0.05) is 0 Å². The fourth-order valence-corrected chi connectivity index (χ4v) is 5.40. The molecule has 3 heterocycles. The SMILES string of the molecule is COc1cnc2c(-c3nc4cc(F)c5c(c4s3)C[C@@](C)(CNC(=O)OC(C)(C)C)O5)cc(C)cc2n1. The summed E-state index contributed by atoms with van der Waals surface area (Å²) in [6.07, 6.45) is 1.45. The zero-order valence-electron chi connectivity index (χ0n) is 21.0. The molecule has 1 amide bonds. The van der Waals surface area contributed by atoms with E-state index < -0.39 is 23.1 Å². The number of fused-ring (bicyclic) bond motifs is 4. The number of aryl methyl sites for hydroxylation is 1. The lowest BCUT2D eigenvalue weighted by Crippen LogP contribution is -2.45. The van der Waals surface area contributed by atoms with Crippen LogP contribution in [0, 0.1) is 12.7 Å². The van der Waals surface area contributed by atoms with E-state index in [1.54, 1.807) is 34.1 Å². The number of nitrogens with zero attached hydrogens (tertiary/aromatic N) is 3. The molecule has 1 aliphatic heterocycles. The van der Waals surface area contributed by atoms with Gasteiger partial charge >= 0.3 is 6.09 Å². The number of nitrogens with one attached hydrogen (secondary N) is 1. The van der Waals surface area contributed by atoms with Crippen molar-refractivity contribution in [1.82, 2.24) is 20.3 Å². The first-order valence-electron chi connectivity index (χ1n) is 11.5. The van der Waals surface area contributed by atoms with Crippen LogP contribution < -0.4 is 14.8 Å². The number of carbonyl (C=O) groups excluding carboxylic acids is 1. The molecular formula is C26H27FN4O4S. The Kier molecular flexibility index (Phi) is 5.74. The average molecular weight is 511 g/mol. The van der Waals surface area contributed by atoms with Crippen LogP contribution in [0.1, 0.15) is 38.8 Å². The lowest BCUT2D eigenvalue weighted by atomic mass is 9.99. The molecule has 0 radical (unpaired) electrons. The first-order valence-corrected chi connectivity index (χ1v) is 12.4. The van der Waals surface area contributed by atoms with Crippen LogP contribution in [0.15, 0.2) is 24.4 Å². The minimum absolute atomic E-state index is 0.170. The van der Waals surface area contributed by atoms with Crippen LogP contribution in [0.4, 0.5) is 9.18 Å². The molecule has 1 atom stereocenters. The molecule has 0 spiro atoms. The van der Waals surface area contributed by atoms with Crippen LogP contribution >= 0.6 is 11.3 Å². The number of ether oxygens (including phenoxy) is 3. The monoisotopic (exact) mass is 510 g/mol. The first kappa shape index (κ1) is 24.2. The van der Waals surface area contributed by atoms with Crippen molar-refractivity contribution >= 4 is 38.7 Å². The lowest BCUT2D eigenvalue weighted by molar-refractivity contribution is 0.0445. The van der Waals surface area contributed by atoms with Gasteiger partial charge in [0.05, 0.1) is 41.1 Å². The van der Waals surface area contributed by atoms with Gasteiger partial charge in [0.1, 0.15) is 16.2 Å². The maximum Gasteiger partial charge on any atom is 0.407 e. The highest BCUT2D eigenvalue weighted by Gasteiger charge is 2.39. The van der Waals surface area contributed by atoms with Crippen molar-refractivity contribution in [3.05, 3.63) is 41.3 Å². The molecule has 1 aliphatic rings. The molecule has 4 aromatic rings. The Morgan fingerprint density at radius 2 is 2.03 bits per heavy atom. The number of rotatable bonds is 4. The van der Waals surface area contributed by atoms with Gasteiger partial charge in [-0.15, -0.1) is 11.3 Å². The first-order chi connectivity index (χ1) is 16.9. The number of methoxy groups -OCH3 is 1. The summed E-state index contributed by atoms with van der Waals surface area (Å²) >= 11 is 1.46. The summed E-state index contributed by atoms with van der Waals surface area (Å²) in [7, 11) is 1.55. The topological polar surface area (TPSA) is 95.5 Å². The summed E-state index contributed by atoms with van der Waals surface area (Å²) in [6.45, 7) is 9.37. The van der Waals surface area contributed by atoms with Gasteiger partial charge in [-0.3, -0.25) is 0 Å².